The van der Waals surface area contributed by atoms with Crippen molar-refractivity contribution in [3.63, 3.8) is 0 Å². The molecule has 0 atom stereocenters. The van der Waals surface area contributed by atoms with Gasteiger partial charge in [-0.15, -0.1) is 5.10 Å². The predicted molar refractivity (Wildman–Crippen MR) is 89.4 cm³/mol. The van der Waals surface area contributed by atoms with E-state index >= 15 is 0 Å². The Morgan fingerprint density at radius 3 is 2.84 bits per heavy atom. The highest BCUT2D eigenvalue weighted by Crippen LogP contribution is 2.46. The van der Waals surface area contributed by atoms with E-state index in [0.29, 0.717) is 17.0 Å². The first-order valence-electron chi connectivity index (χ1n) is 8.07. The van der Waals surface area contributed by atoms with Crippen LogP contribution in [0.25, 0.3) is 22.4 Å². The summed E-state index contributed by atoms with van der Waals surface area (Å²) in [5.41, 5.74) is 1.63. The van der Waals surface area contributed by atoms with Gasteiger partial charge in [0.2, 0.25) is 0 Å². The lowest BCUT2D eigenvalue weighted by atomic mass is 10.1. The average Bonchev–Trinajstić information content (AvgIpc) is 3.04. The third kappa shape index (κ3) is 1.84. The van der Waals surface area contributed by atoms with E-state index < -0.39 is 11.4 Å². The Morgan fingerprint density at radius 2 is 2.08 bits per heavy atom. The Labute approximate surface area is 141 Å². The molecule has 1 aliphatic carbocycles. The highest BCUT2D eigenvalue weighted by molar-refractivity contribution is 5.82. The predicted octanol–water partition coefficient (Wildman–Crippen LogP) is 1.96. The Morgan fingerprint density at radius 1 is 1.28 bits per heavy atom. The summed E-state index contributed by atoms with van der Waals surface area (Å²) in [5.74, 6) is -0.0475. The van der Waals surface area contributed by atoms with Crippen LogP contribution in [0, 0.1) is 5.82 Å². The second-order valence-corrected chi connectivity index (χ2v) is 6.87. The van der Waals surface area contributed by atoms with Gasteiger partial charge in [-0.2, -0.15) is 4.68 Å². The van der Waals surface area contributed by atoms with Gasteiger partial charge in [0, 0.05) is 12.5 Å². The zero-order chi connectivity index (χ0) is 17.3. The van der Waals surface area contributed by atoms with E-state index in [2.05, 4.69) is 22.2 Å². The minimum atomic E-state index is -0.542. The number of benzene rings is 1. The van der Waals surface area contributed by atoms with Gasteiger partial charge in [0.1, 0.15) is 12.1 Å². The molecule has 4 aromatic rings. The lowest BCUT2D eigenvalue weighted by Gasteiger charge is -2.08. The number of halogens is 1. The van der Waals surface area contributed by atoms with E-state index in [4.69, 9.17) is 0 Å². The molecule has 25 heavy (non-hydrogen) atoms. The first kappa shape index (κ1) is 14.3. The molecule has 126 valence electrons. The zero-order valence-corrected chi connectivity index (χ0v) is 13.8. The third-order valence-electron chi connectivity index (χ3n) is 5.14. The van der Waals surface area contributed by atoms with Gasteiger partial charge in [-0.3, -0.25) is 13.8 Å². The molecule has 0 N–H and O–H groups in total. The van der Waals surface area contributed by atoms with Crippen LogP contribution in [0.5, 0.6) is 0 Å². The van der Waals surface area contributed by atoms with Crippen LogP contribution in [-0.2, 0) is 12.5 Å². The summed E-state index contributed by atoms with van der Waals surface area (Å²) in [7, 11) is 1.61. The molecule has 1 aromatic carbocycles. The summed E-state index contributed by atoms with van der Waals surface area (Å²) in [6.07, 6.45) is 5.62. The molecule has 1 saturated carbocycles. The van der Waals surface area contributed by atoms with Crippen molar-refractivity contribution in [1.29, 1.82) is 0 Å². The molecule has 5 rings (SSSR count). The molecule has 1 aliphatic rings. The van der Waals surface area contributed by atoms with Crippen LogP contribution in [0.4, 0.5) is 4.39 Å². The van der Waals surface area contributed by atoms with Crippen LogP contribution in [-0.4, -0.2) is 28.9 Å². The van der Waals surface area contributed by atoms with Gasteiger partial charge >= 0.3 is 0 Å². The molecule has 3 aromatic heterocycles. The molecular weight excluding hydrogens is 323 g/mol. The van der Waals surface area contributed by atoms with Crippen molar-refractivity contribution in [2.24, 2.45) is 7.05 Å². The van der Waals surface area contributed by atoms with Gasteiger partial charge in [0.25, 0.3) is 5.56 Å². The molecule has 0 bridgehead atoms. The largest absolute Gasteiger partial charge is 0.294 e. The van der Waals surface area contributed by atoms with Gasteiger partial charge in [-0.1, -0.05) is 18.2 Å². The maximum atomic E-state index is 14.2. The molecule has 3 heterocycles. The van der Waals surface area contributed by atoms with E-state index in [9.17, 15) is 9.18 Å². The molecule has 0 radical (unpaired) electrons. The van der Waals surface area contributed by atoms with Crippen LogP contribution in [0.2, 0.25) is 0 Å². The van der Waals surface area contributed by atoms with Crippen molar-refractivity contribution in [2.75, 3.05) is 0 Å². The molecule has 0 unspecified atom stereocenters. The highest BCUT2D eigenvalue weighted by atomic mass is 19.1. The maximum absolute atomic E-state index is 14.2. The third-order valence-corrected chi connectivity index (χ3v) is 5.14. The Kier molecular flexibility index (Phi) is 2.60. The molecule has 0 spiro atoms. The van der Waals surface area contributed by atoms with Crippen molar-refractivity contribution in [2.45, 2.75) is 25.2 Å². The van der Waals surface area contributed by atoms with Gasteiger partial charge in [0.15, 0.2) is 11.5 Å². The Hall–Kier alpha value is -3.03. The van der Waals surface area contributed by atoms with Gasteiger partial charge in [0.05, 0.1) is 22.8 Å². The Bertz CT molecular complexity index is 1210. The summed E-state index contributed by atoms with van der Waals surface area (Å²) < 4.78 is 18.8. The van der Waals surface area contributed by atoms with Crippen molar-refractivity contribution in [3.05, 3.63) is 52.6 Å². The van der Waals surface area contributed by atoms with Crippen LogP contribution in [0.3, 0.4) is 0 Å². The first-order valence-corrected chi connectivity index (χ1v) is 8.07. The molecule has 7 nitrogen and oxygen atoms in total. The number of imidazole rings is 1. The number of nitrogens with zero attached hydrogens (tertiary/aromatic N) is 6. The lowest BCUT2D eigenvalue weighted by molar-refractivity contribution is 0.636. The summed E-state index contributed by atoms with van der Waals surface area (Å²) in [6, 6.07) is 4.57. The van der Waals surface area contributed by atoms with E-state index in [1.807, 2.05) is 6.20 Å². The van der Waals surface area contributed by atoms with Crippen LogP contribution in [0.1, 0.15) is 25.5 Å². The molecule has 0 aliphatic heterocycles. The average molecular weight is 338 g/mol. The fraction of sp³-hybridized carbons (Fsp3) is 0.294. The van der Waals surface area contributed by atoms with E-state index in [1.165, 1.54) is 10.6 Å². The highest BCUT2D eigenvalue weighted by Gasteiger charge is 2.41. The normalized spacial score (nSPS) is 16.0. The quantitative estimate of drug-likeness (QED) is 0.560. The topological polar surface area (TPSA) is 70.0 Å². The van der Waals surface area contributed by atoms with Crippen molar-refractivity contribution in [1.82, 2.24) is 28.9 Å². The van der Waals surface area contributed by atoms with Crippen LogP contribution in [0.15, 0.2) is 35.5 Å². The van der Waals surface area contributed by atoms with Crippen molar-refractivity contribution < 1.29 is 4.39 Å². The lowest BCUT2D eigenvalue weighted by Crippen LogP contribution is -2.21. The minimum Gasteiger partial charge on any atom is -0.294 e. The molecular formula is C17H15FN6O. The molecule has 8 heteroatoms. The minimum absolute atomic E-state index is 0.0474. The summed E-state index contributed by atoms with van der Waals surface area (Å²) in [4.78, 5) is 17.1. The van der Waals surface area contributed by atoms with Gasteiger partial charge in [-0.05, 0) is 25.0 Å². The summed E-state index contributed by atoms with van der Waals surface area (Å²) >= 11 is 0. The molecule has 1 fully saturated rings. The summed E-state index contributed by atoms with van der Waals surface area (Å²) in [5, 5.41) is 8.49. The SMILES string of the molecule is Cn1c(=O)c2c(F)cccc2n2cnc(-n3cc(C4(C)CC4)nn3)c12. The number of aromatic nitrogens is 6. The molecule has 0 amide bonds. The smallest absolute Gasteiger partial charge is 0.264 e. The monoisotopic (exact) mass is 338 g/mol. The van der Waals surface area contributed by atoms with Gasteiger partial charge < -0.3 is 0 Å². The molecule has 0 saturated heterocycles. The second-order valence-electron chi connectivity index (χ2n) is 6.87. The zero-order valence-electron chi connectivity index (χ0n) is 13.8. The fourth-order valence-corrected chi connectivity index (χ4v) is 3.26. The van der Waals surface area contributed by atoms with Gasteiger partial charge in [-0.25, -0.2) is 9.37 Å². The van der Waals surface area contributed by atoms with E-state index in [1.54, 1.807) is 34.6 Å². The number of hydrogen-bond acceptors (Lipinski definition) is 4. The number of fused-ring (bicyclic) bond motifs is 3. The van der Waals surface area contributed by atoms with E-state index in [0.717, 1.165) is 18.5 Å². The van der Waals surface area contributed by atoms with Crippen molar-refractivity contribution in [3.8, 4) is 5.82 Å². The standard InChI is InChI=1S/C17H15FN6O/c1-17(6-7-17)12-8-24(21-20-12)14-15-22(2)16(25)13-10(18)4-3-5-11(13)23(15)9-19-14/h3-5,8-9H,6-7H2,1-2H3. The Balaban J connectivity index is 1.83. The fourth-order valence-electron chi connectivity index (χ4n) is 3.26. The maximum Gasteiger partial charge on any atom is 0.264 e. The number of aryl methyl sites for hydroxylation is 1. The number of hydrogen-bond donors (Lipinski definition) is 0. The van der Waals surface area contributed by atoms with Crippen LogP contribution >= 0.6 is 0 Å². The van der Waals surface area contributed by atoms with E-state index in [-0.39, 0.29) is 10.8 Å². The number of rotatable bonds is 2. The first-order chi connectivity index (χ1) is 12.0. The summed E-state index contributed by atoms with van der Waals surface area (Å²) in [6.45, 7) is 2.15. The second kappa shape index (κ2) is 4.53. The van der Waals surface area contributed by atoms with Crippen LogP contribution < -0.4 is 5.56 Å². The van der Waals surface area contributed by atoms with Crippen molar-refractivity contribution >= 4 is 16.6 Å².